The summed E-state index contributed by atoms with van der Waals surface area (Å²) < 4.78 is 0. The third kappa shape index (κ3) is 12.0. The molecular weight excluding hydrogens is 139 g/mol. The van der Waals surface area contributed by atoms with Crippen LogP contribution < -0.4 is 0 Å². The number of rotatable bonds is 1. The molecular formula is C3H6NY-. The Hall–Kier alpha value is 0.644. The van der Waals surface area contributed by atoms with Crippen LogP contribution in [-0.4, -0.2) is 6.72 Å². The fourth-order valence-corrected chi connectivity index (χ4v) is 0. The van der Waals surface area contributed by atoms with E-state index in [1.165, 1.54) is 0 Å². The average Bonchev–Trinajstić information content (AvgIpc) is 1.37. The van der Waals surface area contributed by atoms with E-state index in [2.05, 4.69) is 11.7 Å². The Bertz CT molecular complexity index is 20.9. The summed E-state index contributed by atoms with van der Waals surface area (Å²) in [4.78, 5) is 3.36. The van der Waals surface area contributed by atoms with Crippen molar-refractivity contribution in [3.63, 3.8) is 0 Å². The first kappa shape index (κ1) is 9.17. The van der Waals surface area contributed by atoms with Gasteiger partial charge in [-0.15, -0.1) is 0 Å². The molecule has 2 heteroatoms. The molecule has 0 heterocycles. The van der Waals surface area contributed by atoms with Crippen molar-refractivity contribution in [2.24, 2.45) is 4.99 Å². The minimum absolute atomic E-state index is 0. The molecule has 0 aromatic rings. The van der Waals surface area contributed by atoms with E-state index in [1.54, 1.807) is 6.54 Å². The fourth-order valence-electron chi connectivity index (χ4n) is 0. The standard InChI is InChI=1S/C3H6N.Y/c1-3-4-2;/h3H,2H2,1H3;/q-1;. The van der Waals surface area contributed by atoms with E-state index in [1.807, 2.05) is 6.92 Å². The van der Waals surface area contributed by atoms with Gasteiger partial charge in [0, 0.05) is 32.7 Å². The molecule has 0 unspecified atom stereocenters. The molecule has 0 amide bonds. The summed E-state index contributed by atoms with van der Waals surface area (Å²) in [6, 6.07) is 0. The van der Waals surface area contributed by atoms with Crippen molar-refractivity contribution in [1.29, 1.82) is 0 Å². The first-order valence-electron chi connectivity index (χ1n) is 1.15. The Morgan fingerprint density at radius 3 is 2.00 bits per heavy atom. The molecule has 0 aliphatic carbocycles. The predicted molar refractivity (Wildman–Crippen MR) is 19.5 cm³/mol. The molecule has 0 aromatic heterocycles. The molecule has 0 N–H and O–H groups in total. The van der Waals surface area contributed by atoms with E-state index in [0.717, 1.165) is 0 Å². The van der Waals surface area contributed by atoms with Crippen LogP contribution in [0, 0.1) is 6.54 Å². The van der Waals surface area contributed by atoms with Crippen molar-refractivity contribution in [2.75, 3.05) is 0 Å². The summed E-state index contributed by atoms with van der Waals surface area (Å²) in [6.07, 6.45) is 0. The number of hydrogen-bond donors (Lipinski definition) is 0. The van der Waals surface area contributed by atoms with Gasteiger partial charge in [-0.2, -0.15) is 13.3 Å². The zero-order chi connectivity index (χ0) is 3.41. The Morgan fingerprint density at radius 2 is 2.00 bits per heavy atom. The minimum atomic E-state index is 0. The molecule has 0 spiro atoms. The summed E-state index contributed by atoms with van der Waals surface area (Å²) in [6.45, 7) is 6.64. The van der Waals surface area contributed by atoms with Gasteiger partial charge in [-0.1, -0.05) is 6.92 Å². The van der Waals surface area contributed by atoms with Gasteiger partial charge in [-0.25, -0.2) is 0 Å². The molecule has 1 radical (unpaired) electrons. The van der Waals surface area contributed by atoms with Crippen LogP contribution in [0.15, 0.2) is 4.99 Å². The maximum Gasteiger partial charge on any atom is 0 e. The summed E-state index contributed by atoms with van der Waals surface area (Å²) in [5.41, 5.74) is 0. The van der Waals surface area contributed by atoms with Crippen LogP contribution in [-0.2, 0) is 32.7 Å². The quantitative estimate of drug-likeness (QED) is 0.383. The molecule has 0 saturated heterocycles. The number of nitrogens with zero attached hydrogens (tertiary/aromatic N) is 1. The SMILES string of the molecule is C=N[CH-]C.[Y]. The molecule has 0 aliphatic heterocycles. The largest absolute Gasteiger partial charge is 0.461 e. The van der Waals surface area contributed by atoms with Crippen molar-refractivity contribution in [3.8, 4) is 0 Å². The maximum atomic E-state index is 3.36. The van der Waals surface area contributed by atoms with Crippen LogP contribution in [0.2, 0.25) is 0 Å². The second-order valence-corrected chi connectivity index (χ2v) is 0.441. The van der Waals surface area contributed by atoms with Crippen LogP contribution in [0.5, 0.6) is 0 Å². The zero-order valence-electron chi connectivity index (χ0n) is 3.31. The van der Waals surface area contributed by atoms with Gasteiger partial charge in [-0.05, 0) is 0 Å². The third-order valence-corrected chi connectivity index (χ3v) is 0.183. The van der Waals surface area contributed by atoms with Crippen molar-refractivity contribution in [3.05, 3.63) is 6.54 Å². The monoisotopic (exact) mass is 145 g/mol. The van der Waals surface area contributed by atoms with E-state index in [-0.39, 0.29) is 32.7 Å². The fraction of sp³-hybridized carbons (Fsp3) is 0.333. The van der Waals surface area contributed by atoms with E-state index in [9.17, 15) is 0 Å². The third-order valence-electron chi connectivity index (χ3n) is 0.183. The molecule has 0 bridgehead atoms. The molecule has 5 heavy (non-hydrogen) atoms. The number of aliphatic imine (C=N–C) groups is 1. The van der Waals surface area contributed by atoms with Crippen LogP contribution in [0.4, 0.5) is 0 Å². The smallest absolute Gasteiger partial charge is 0 e. The summed E-state index contributed by atoms with van der Waals surface area (Å²) in [7, 11) is 0. The minimum Gasteiger partial charge on any atom is -0.461 e. The van der Waals surface area contributed by atoms with Gasteiger partial charge in [0.2, 0.25) is 0 Å². The van der Waals surface area contributed by atoms with Gasteiger partial charge in [0.15, 0.2) is 0 Å². The maximum absolute atomic E-state index is 3.36. The summed E-state index contributed by atoms with van der Waals surface area (Å²) in [5.74, 6) is 0. The molecule has 27 valence electrons. The molecule has 0 saturated carbocycles. The van der Waals surface area contributed by atoms with Gasteiger partial charge in [0.25, 0.3) is 0 Å². The Morgan fingerprint density at radius 1 is 1.80 bits per heavy atom. The van der Waals surface area contributed by atoms with Gasteiger partial charge in [0.05, 0.1) is 0 Å². The second-order valence-electron chi connectivity index (χ2n) is 0.441. The summed E-state index contributed by atoms with van der Waals surface area (Å²) >= 11 is 0. The normalized spacial score (nSPS) is 4.20. The van der Waals surface area contributed by atoms with E-state index in [0.29, 0.717) is 0 Å². The zero-order valence-corrected chi connectivity index (χ0v) is 6.15. The van der Waals surface area contributed by atoms with E-state index >= 15 is 0 Å². The number of hydrogen-bond acceptors (Lipinski definition) is 1. The molecule has 0 fully saturated rings. The van der Waals surface area contributed by atoms with E-state index < -0.39 is 0 Å². The molecule has 0 aliphatic rings. The van der Waals surface area contributed by atoms with Crippen molar-refractivity contribution in [2.45, 2.75) is 6.92 Å². The molecule has 0 aromatic carbocycles. The van der Waals surface area contributed by atoms with Crippen molar-refractivity contribution >= 4 is 6.72 Å². The first-order valence-corrected chi connectivity index (χ1v) is 1.15. The average molecular weight is 145 g/mol. The van der Waals surface area contributed by atoms with Crippen LogP contribution >= 0.6 is 0 Å². The van der Waals surface area contributed by atoms with Gasteiger partial charge >= 0.3 is 0 Å². The van der Waals surface area contributed by atoms with Crippen LogP contribution in [0.25, 0.3) is 0 Å². The molecule has 0 rings (SSSR count). The van der Waals surface area contributed by atoms with Crippen LogP contribution in [0.1, 0.15) is 6.92 Å². The molecule has 1 nitrogen and oxygen atoms in total. The van der Waals surface area contributed by atoms with Gasteiger partial charge in [0.1, 0.15) is 0 Å². The van der Waals surface area contributed by atoms with Crippen molar-refractivity contribution < 1.29 is 32.7 Å². The predicted octanol–water partition coefficient (Wildman–Crippen LogP) is 0.866. The van der Waals surface area contributed by atoms with Gasteiger partial charge < -0.3 is 4.99 Å². The Labute approximate surface area is 57.7 Å². The first-order chi connectivity index (χ1) is 1.91. The summed E-state index contributed by atoms with van der Waals surface area (Å²) in [5, 5.41) is 0. The molecule has 0 atom stereocenters. The van der Waals surface area contributed by atoms with Gasteiger partial charge in [-0.3, -0.25) is 0 Å². The Balaban J connectivity index is 0. The Kier molecular flexibility index (Phi) is 16.2. The van der Waals surface area contributed by atoms with Crippen molar-refractivity contribution in [1.82, 2.24) is 0 Å². The second kappa shape index (κ2) is 8.82. The topological polar surface area (TPSA) is 12.4 Å². The van der Waals surface area contributed by atoms with Crippen LogP contribution in [0.3, 0.4) is 0 Å². The van der Waals surface area contributed by atoms with E-state index in [4.69, 9.17) is 0 Å².